The van der Waals surface area contributed by atoms with Gasteiger partial charge >= 0.3 is 0 Å². The number of nitrogens with one attached hydrogen (secondary N) is 1. The zero-order valence-electron chi connectivity index (χ0n) is 12.8. The second-order valence-electron chi connectivity index (χ2n) is 5.61. The van der Waals surface area contributed by atoms with Crippen molar-refractivity contribution in [3.63, 3.8) is 0 Å². The minimum Gasteiger partial charge on any atom is -0.489 e. The summed E-state index contributed by atoms with van der Waals surface area (Å²) >= 11 is 1.81. The smallest absolute Gasteiger partial charge is 0.123 e. The Morgan fingerprint density at radius 3 is 2.65 bits per heavy atom. The summed E-state index contributed by atoms with van der Waals surface area (Å²) in [4.78, 5) is 6.18. The number of aromatic nitrogens is 1. The molecule has 0 spiro atoms. The molecule has 1 aliphatic rings. The molecule has 0 bridgehead atoms. The fourth-order valence-corrected chi connectivity index (χ4v) is 3.77. The summed E-state index contributed by atoms with van der Waals surface area (Å²) in [5, 5.41) is 4.48. The van der Waals surface area contributed by atoms with Crippen LogP contribution < -0.4 is 10.1 Å². The van der Waals surface area contributed by atoms with E-state index in [2.05, 4.69) is 29.6 Å². The van der Waals surface area contributed by atoms with Gasteiger partial charge in [0.2, 0.25) is 0 Å². The fourth-order valence-electron chi connectivity index (χ4n) is 2.68. The molecular weight excluding hydrogens is 304 g/mol. The molecule has 1 N–H and O–H groups in total. The third-order valence-electron chi connectivity index (χ3n) is 3.95. The molecule has 0 fully saturated rings. The maximum atomic E-state index is 5.84. The van der Waals surface area contributed by atoms with Crippen LogP contribution in [0.15, 0.2) is 54.6 Å². The Bertz CT molecular complexity index is 757. The Labute approximate surface area is 140 Å². The monoisotopic (exact) mass is 322 g/mol. The zero-order chi connectivity index (χ0) is 15.5. The minimum absolute atomic E-state index is 0.595. The van der Waals surface area contributed by atoms with Crippen molar-refractivity contribution >= 4 is 11.3 Å². The van der Waals surface area contributed by atoms with Gasteiger partial charge in [0.1, 0.15) is 17.4 Å². The van der Waals surface area contributed by atoms with E-state index in [9.17, 15) is 0 Å². The van der Waals surface area contributed by atoms with Crippen molar-refractivity contribution in [3.8, 4) is 16.3 Å². The van der Waals surface area contributed by atoms with E-state index in [0.717, 1.165) is 35.8 Å². The summed E-state index contributed by atoms with van der Waals surface area (Å²) < 4.78 is 5.84. The van der Waals surface area contributed by atoms with Gasteiger partial charge < -0.3 is 10.1 Å². The average molecular weight is 322 g/mol. The van der Waals surface area contributed by atoms with Crippen LogP contribution in [-0.2, 0) is 19.6 Å². The molecule has 3 aromatic rings. The number of fused-ring (bicyclic) bond motifs is 1. The highest BCUT2D eigenvalue weighted by atomic mass is 32.1. The molecule has 116 valence electrons. The first-order valence-electron chi connectivity index (χ1n) is 7.85. The highest BCUT2D eigenvalue weighted by Gasteiger charge is 2.15. The van der Waals surface area contributed by atoms with Gasteiger partial charge in [-0.2, -0.15) is 0 Å². The van der Waals surface area contributed by atoms with Crippen molar-refractivity contribution in [1.29, 1.82) is 0 Å². The van der Waals surface area contributed by atoms with Crippen molar-refractivity contribution in [3.05, 3.63) is 70.7 Å². The van der Waals surface area contributed by atoms with Crippen LogP contribution in [0.25, 0.3) is 10.6 Å². The number of hydrogen-bond donors (Lipinski definition) is 1. The normalized spacial score (nSPS) is 13.6. The number of rotatable bonds is 4. The van der Waals surface area contributed by atoms with Crippen LogP contribution in [-0.4, -0.2) is 11.5 Å². The lowest BCUT2D eigenvalue weighted by Crippen LogP contribution is -2.22. The summed E-state index contributed by atoms with van der Waals surface area (Å²) in [6, 6.07) is 18.5. The molecule has 0 atom stereocenters. The van der Waals surface area contributed by atoms with E-state index < -0.39 is 0 Å². The fraction of sp³-hybridized carbons (Fsp3) is 0.211. The number of benzene rings is 2. The van der Waals surface area contributed by atoms with Crippen molar-refractivity contribution in [2.75, 3.05) is 6.54 Å². The molecule has 0 saturated carbocycles. The molecule has 0 amide bonds. The van der Waals surface area contributed by atoms with Gasteiger partial charge in [-0.05, 0) is 36.2 Å². The van der Waals surface area contributed by atoms with E-state index >= 15 is 0 Å². The van der Waals surface area contributed by atoms with E-state index in [1.165, 1.54) is 16.1 Å². The Morgan fingerprint density at radius 2 is 1.87 bits per heavy atom. The molecule has 2 heterocycles. The van der Waals surface area contributed by atoms with Crippen LogP contribution in [0.1, 0.15) is 16.1 Å². The quantitative estimate of drug-likeness (QED) is 0.787. The first-order chi connectivity index (χ1) is 11.4. The Hall–Kier alpha value is -2.17. The number of ether oxygens (including phenoxy) is 1. The maximum Gasteiger partial charge on any atom is 0.123 e. The number of nitrogens with zero attached hydrogens (tertiary/aromatic N) is 1. The van der Waals surface area contributed by atoms with Crippen molar-refractivity contribution in [2.24, 2.45) is 0 Å². The topological polar surface area (TPSA) is 34.1 Å². The third kappa shape index (κ3) is 3.28. The van der Waals surface area contributed by atoms with Gasteiger partial charge in [0.25, 0.3) is 0 Å². The SMILES string of the molecule is c1ccc(COc2ccc(-c3nc4c(s3)CCNC4)cc2)cc1. The first kappa shape index (κ1) is 14.4. The molecule has 2 aromatic carbocycles. The molecule has 0 radical (unpaired) electrons. The second-order valence-corrected chi connectivity index (χ2v) is 6.70. The number of thiazole rings is 1. The molecule has 4 rings (SSSR count). The molecule has 4 heteroatoms. The van der Waals surface area contributed by atoms with E-state index in [0.29, 0.717) is 6.61 Å². The first-order valence-corrected chi connectivity index (χ1v) is 8.66. The summed E-state index contributed by atoms with van der Waals surface area (Å²) in [6.07, 6.45) is 1.09. The van der Waals surface area contributed by atoms with Crippen molar-refractivity contribution < 1.29 is 4.74 Å². The number of hydrogen-bond acceptors (Lipinski definition) is 4. The van der Waals surface area contributed by atoms with Crippen LogP contribution in [0.3, 0.4) is 0 Å². The molecule has 0 saturated heterocycles. The Balaban J connectivity index is 1.46. The highest BCUT2D eigenvalue weighted by molar-refractivity contribution is 7.15. The molecule has 1 aliphatic heterocycles. The largest absolute Gasteiger partial charge is 0.489 e. The molecule has 23 heavy (non-hydrogen) atoms. The summed E-state index contributed by atoms with van der Waals surface area (Å²) in [7, 11) is 0. The predicted molar refractivity (Wildman–Crippen MR) is 93.7 cm³/mol. The van der Waals surface area contributed by atoms with E-state index in [1.807, 2.05) is 41.7 Å². The minimum atomic E-state index is 0.595. The van der Waals surface area contributed by atoms with Gasteiger partial charge in [0.05, 0.1) is 5.69 Å². The highest BCUT2D eigenvalue weighted by Crippen LogP contribution is 2.30. The predicted octanol–water partition coefficient (Wildman–Crippen LogP) is 4.03. The molecule has 1 aromatic heterocycles. The van der Waals surface area contributed by atoms with Gasteiger partial charge in [-0.3, -0.25) is 0 Å². The molecule has 0 aliphatic carbocycles. The summed E-state index contributed by atoms with van der Waals surface area (Å²) in [6.45, 7) is 2.54. The standard InChI is InChI=1S/C19H18N2OS/c1-2-4-14(5-3-1)13-22-16-8-6-15(7-9-16)19-21-17-12-20-11-10-18(17)23-19/h1-9,20H,10-13H2. The van der Waals surface area contributed by atoms with Crippen LogP contribution in [0.5, 0.6) is 5.75 Å². The Morgan fingerprint density at radius 1 is 1.04 bits per heavy atom. The van der Waals surface area contributed by atoms with E-state index in [4.69, 9.17) is 9.72 Å². The molecule has 0 unspecified atom stereocenters. The van der Waals surface area contributed by atoms with Crippen molar-refractivity contribution in [2.45, 2.75) is 19.6 Å². The van der Waals surface area contributed by atoms with Gasteiger partial charge in [0.15, 0.2) is 0 Å². The lowest BCUT2D eigenvalue weighted by Gasteiger charge is -2.09. The van der Waals surface area contributed by atoms with E-state index in [1.54, 1.807) is 0 Å². The second kappa shape index (κ2) is 6.52. The van der Waals surface area contributed by atoms with Gasteiger partial charge in [-0.1, -0.05) is 30.3 Å². The van der Waals surface area contributed by atoms with Gasteiger partial charge in [-0.15, -0.1) is 11.3 Å². The zero-order valence-corrected chi connectivity index (χ0v) is 13.6. The molecule has 3 nitrogen and oxygen atoms in total. The Kier molecular flexibility index (Phi) is 4.09. The summed E-state index contributed by atoms with van der Waals surface area (Å²) in [5.74, 6) is 0.889. The van der Waals surface area contributed by atoms with Crippen molar-refractivity contribution in [1.82, 2.24) is 10.3 Å². The molecular formula is C19H18N2OS. The lowest BCUT2D eigenvalue weighted by atomic mass is 10.2. The van der Waals surface area contributed by atoms with Crippen LogP contribution >= 0.6 is 11.3 Å². The third-order valence-corrected chi connectivity index (χ3v) is 5.16. The summed E-state index contributed by atoms with van der Waals surface area (Å²) in [5.41, 5.74) is 3.55. The maximum absolute atomic E-state index is 5.84. The van der Waals surface area contributed by atoms with E-state index in [-0.39, 0.29) is 0 Å². The van der Waals surface area contributed by atoms with Crippen LogP contribution in [0, 0.1) is 0 Å². The lowest BCUT2D eigenvalue weighted by molar-refractivity contribution is 0.306. The van der Waals surface area contributed by atoms with Crippen LogP contribution in [0.2, 0.25) is 0 Å². The average Bonchev–Trinajstić information content (AvgIpc) is 3.05. The van der Waals surface area contributed by atoms with Gasteiger partial charge in [-0.25, -0.2) is 4.98 Å². The van der Waals surface area contributed by atoms with Gasteiger partial charge in [0, 0.05) is 23.5 Å². The van der Waals surface area contributed by atoms with Crippen LogP contribution in [0.4, 0.5) is 0 Å².